The molecule has 1 unspecified atom stereocenters. The molecule has 0 aliphatic carbocycles. The third-order valence-electron chi connectivity index (χ3n) is 4.42. The van der Waals surface area contributed by atoms with Crippen LogP contribution in [0.4, 0.5) is 5.69 Å². The molecule has 0 spiro atoms. The Morgan fingerprint density at radius 1 is 1.00 bits per heavy atom. The molecule has 3 nitrogen and oxygen atoms in total. The molecule has 3 rings (SSSR count). The Labute approximate surface area is 138 Å². The van der Waals surface area contributed by atoms with Gasteiger partial charge in [0, 0.05) is 18.8 Å². The van der Waals surface area contributed by atoms with E-state index in [1.165, 1.54) is 18.5 Å². The van der Waals surface area contributed by atoms with E-state index in [0.717, 1.165) is 36.1 Å². The van der Waals surface area contributed by atoms with Crippen molar-refractivity contribution in [2.45, 2.75) is 26.4 Å². The molecule has 0 N–H and O–H groups in total. The lowest BCUT2D eigenvalue weighted by Gasteiger charge is -2.32. The van der Waals surface area contributed by atoms with Crippen molar-refractivity contribution in [2.24, 2.45) is 5.92 Å². The van der Waals surface area contributed by atoms with Gasteiger partial charge in [0.05, 0.1) is 7.11 Å². The summed E-state index contributed by atoms with van der Waals surface area (Å²) >= 11 is 0. The van der Waals surface area contributed by atoms with Crippen LogP contribution < -0.4 is 14.4 Å². The molecule has 1 atom stereocenters. The summed E-state index contributed by atoms with van der Waals surface area (Å²) in [7, 11) is 1.68. The van der Waals surface area contributed by atoms with Crippen LogP contribution in [0.15, 0.2) is 48.5 Å². The van der Waals surface area contributed by atoms with E-state index in [-0.39, 0.29) is 0 Å². The second-order valence-corrected chi connectivity index (χ2v) is 6.32. The fraction of sp³-hybridized carbons (Fsp3) is 0.400. The van der Waals surface area contributed by atoms with Gasteiger partial charge in [-0.15, -0.1) is 0 Å². The number of piperidine rings is 1. The van der Waals surface area contributed by atoms with Crippen LogP contribution >= 0.6 is 0 Å². The number of rotatable bonds is 5. The first-order valence-corrected chi connectivity index (χ1v) is 8.35. The Kier molecular flexibility index (Phi) is 5.06. The second-order valence-electron chi connectivity index (χ2n) is 6.32. The fourth-order valence-corrected chi connectivity index (χ4v) is 3.07. The number of nitrogens with zero attached hydrogens (tertiary/aromatic N) is 1. The van der Waals surface area contributed by atoms with Crippen molar-refractivity contribution in [3.8, 4) is 11.5 Å². The van der Waals surface area contributed by atoms with E-state index in [9.17, 15) is 0 Å². The Morgan fingerprint density at radius 3 is 2.35 bits per heavy atom. The molecule has 0 saturated carbocycles. The second kappa shape index (κ2) is 7.40. The zero-order chi connectivity index (χ0) is 16.1. The van der Waals surface area contributed by atoms with E-state index < -0.39 is 0 Å². The van der Waals surface area contributed by atoms with Crippen LogP contribution in [-0.4, -0.2) is 20.2 Å². The van der Waals surface area contributed by atoms with E-state index in [0.29, 0.717) is 6.61 Å². The van der Waals surface area contributed by atoms with Crippen LogP contribution in [-0.2, 0) is 6.61 Å². The van der Waals surface area contributed by atoms with E-state index in [2.05, 4.69) is 36.1 Å². The van der Waals surface area contributed by atoms with E-state index >= 15 is 0 Å². The number of hydrogen-bond acceptors (Lipinski definition) is 3. The summed E-state index contributed by atoms with van der Waals surface area (Å²) in [6.45, 7) is 5.23. The predicted octanol–water partition coefficient (Wildman–Crippen LogP) is 4.51. The quantitative estimate of drug-likeness (QED) is 0.811. The highest BCUT2D eigenvalue weighted by Gasteiger charge is 2.16. The molecule has 0 aromatic heterocycles. The van der Waals surface area contributed by atoms with Gasteiger partial charge in [0.25, 0.3) is 0 Å². The Morgan fingerprint density at radius 2 is 1.70 bits per heavy atom. The van der Waals surface area contributed by atoms with Crippen molar-refractivity contribution in [3.63, 3.8) is 0 Å². The molecule has 3 heteroatoms. The Hall–Kier alpha value is -2.16. The van der Waals surface area contributed by atoms with Crippen LogP contribution in [0.25, 0.3) is 0 Å². The summed E-state index contributed by atoms with van der Waals surface area (Å²) in [6, 6.07) is 16.4. The molecule has 23 heavy (non-hydrogen) atoms. The molecular formula is C20H25NO2. The van der Waals surface area contributed by atoms with Crippen LogP contribution in [0, 0.1) is 5.92 Å². The number of methoxy groups -OCH3 is 1. The zero-order valence-electron chi connectivity index (χ0n) is 14.0. The van der Waals surface area contributed by atoms with Gasteiger partial charge in [0.2, 0.25) is 0 Å². The summed E-state index contributed by atoms with van der Waals surface area (Å²) in [5, 5.41) is 0. The molecule has 1 saturated heterocycles. The van der Waals surface area contributed by atoms with Gasteiger partial charge in [-0.3, -0.25) is 0 Å². The smallest absolute Gasteiger partial charge is 0.119 e. The molecular weight excluding hydrogens is 286 g/mol. The molecule has 1 heterocycles. The van der Waals surface area contributed by atoms with E-state index in [1.54, 1.807) is 7.11 Å². The maximum Gasteiger partial charge on any atom is 0.119 e. The van der Waals surface area contributed by atoms with Gasteiger partial charge in [-0.1, -0.05) is 19.1 Å². The first-order valence-electron chi connectivity index (χ1n) is 8.35. The minimum atomic E-state index is 0.574. The van der Waals surface area contributed by atoms with Crippen molar-refractivity contribution < 1.29 is 9.47 Å². The molecule has 2 aromatic rings. The SMILES string of the molecule is COc1ccc(COc2ccc(N3CCCC(C)C3)cc2)cc1. The lowest BCUT2D eigenvalue weighted by molar-refractivity contribution is 0.306. The average Bonchev–Trinajstić information content (AvgIpc) is 2.61. The van der Waals surface area contributed by atoms with Crippen LogP contribution in [0.3, 0.4) is 0 Å². The third kappa shape index (κ3) is 4.19. The minimum Gasteiger partial charge on any atom is -0.497 e. The van der Waals surface area contributed by atoms with Gasteiger partial charge >= 0.3 is 0 Å². The molecule has 1 fully saturated rings. The molecule has 1 aliphatic heterocycles. The summed E-state index contributed by atoms with van der Waals surface area (Å²) in [4.78, 5) is 2.47. The van der Waals surface area contributed by atoms with Crippen LogP contribution in [0.1, 0.15) is 25.3 Å². The van der Waals surface area contributed by atoms with E-state index in [4.69, 9.17) is 9.47 Å². The summed E-state index contributed by atoms with van der Waals surface area (Å²) < 4.78 is 11.0. The average molecular weight is 311 g/mol. The molecule has 0 radical (unpaired) electrons. The van der Waals surface area contributed by atoms with Crippen LogP contribution in [0.5, 0.6) is 11.5 Å². The van der Waals surface area contributed by atoms with Gasteiger partial charge in [0.1, 0.15) is 18.1 Å². The summed E-state index contributed by atoms with van der Waals surface area (Å²) in [5.74, 6) is 2.57. The van der Waals surface area contributed by atoms with Gasteiger partial charge in [-0.05, 0) is 60.7 Å². The normalized spacial score (nSPS) is 17.8. The maximum atomic E-state index is 5.87. The molecule has 122 valence electrons. The Balaban J connectivity index is 1.56. The predicted molar refractivity (Wildman–Crippen MR) is 94.4 cm³/mol. The lowest BCUT2D eigenvalue weighted by atomic mass is 10.00. The van der Waals surface area contributed by atoms with Crippen molar-refractivity contribution >= 4 is 5.69 Å². The number of ether oxygens (including phenoxy) is 2. The maximum absolute atomic E-state index is 5.87. The summed E-state index contributed by atoms with van der Waals surface area (Å²) in [5.41, 5.74) is 2.44. The Bertz CT molecular complexity index is 607. The van der Waals surface area contributed by atoms with Crippen molar-refractivity contribution in [3.05, 3.63) is 54.1 Å². The first kappa shape index (κ1) is 15.7. The highest BCUT2D eigenvalue weighted by molar-refractivity contribution is 5.49. The highest BCUT2D eigenvalue weighted by Crippen LogP contribution is 2.25. The largest absolute Gasteiger partial charge is 0.497 e. The molecule has 0 bridgehead atoms. The topological polar surface area (TPSA) is 21.7 Å². The molecule has 1 aliphatic rings. The van der Waals surface area contributed by atoms with Gasteiger partial charge in [-0.25, -0.2) is 0 Å². The lowest BCUT2D eigenvalue weighted by Crippen LogP contribution is -2.34. The molecule has 2 aromatic carbocycles. The van der Waals surface area contributed by atoms with Crippen LogP contribution in [0.2, 0.25) is 0 Å². The van der Waals surface area contributed by atoms with Crippen molar-refractivity contribution in [2.75, 3.05) is 25.1 Å². The van der Waals surface area contributed by atoms with Crippen molar-refractivity contribution in [1.29, 1.82) is 0 Å². The zero-order valence-corrected chi connectivity index (χ0v) is 14.0. The monoisotopic (exact) mass is 311 g/mol. The van der Waals surface area contributed by atoms with Gasteiger partial charge in [0.15, 0.2) is 0 Å². The van der Waals surface area contributed by atoms with Gasteiger partial charge < -0.3 is 14.4 Å². The number of benzene rings is 2. The standard InChI is InChI=1S/C20H25NO2/c1-16-4-3-13-21(14-16)18-7-11-20(12-8-18)23-15-17-5-9-19(22-2)10-6-17/h5-12,16H,3-4,13-15H2,1-2H3. The van der Waals surface area contributed by atoms with Crippen molar-refractivity contribution in [1.82, 2.24) is 0 Å². The number of anilines is 1. The van der Waals surface area contributed by atoms with E-state index in [1.807, 2.05) is 24.3 Å². The molecule has 0 amide bonds. The first-order chi connectivity index (χ1) is 11.2. The highest BCUT2D eigenvalue weighted by atomic mass is 16.5. The van der Waals surface area contributed by atoms with Gasteiger partial charge in [-0.2, -0.15) is 0 Å². The minimum absolute atomic E-state index is 0.574. The number of hydrogen-bond donors (Lipinski definition) is 0. The fourth-order valence-electron chi connectivity index (χ4n) is 3.07. The summed E-state index contributed by atoms with van der Waals surface area (Å²) in [6.07, 6.45) is 2.64. The third-order valence-corrected chi connectivity index (χ3v) is 4.42.